The van der Waals surface area contributed by atoms with Crippen LogP contribution in [0.5, 0.6) is 0 Å². The molecule has 1 heterocycles. The minimum atomic E-state index is -0.270. The number of hydrogen-bond acceptors (Lipinski definition) is 1. The monoisotopic (exact) mass is 425 g/mol. The molecule has 2 N–H and O–H groups in total. The Bertz CT molecular complexity index is 594. The lowest BCUT2D eigenvalue weighted by atomic mass is 9.86. The van der Waals surface area contributed by atoms with E-state index in [0.717, 1.165) is 26.6 Å². The molecular formula is C13H14BrFINO. The van der Waals surface area contributed by atoms with Crippen molar-refractivity contribution in [2.75, 3.05) is 6.61 Å². The molecular weight excluding hydrogens is 412 g/mol. The molecule has 0 aliphatic heterocycles. The molecule has 0 unspecified atom stereocenters. The number of H-pyrrole nitrogens is 1. The first-order chi connectivity index (χ1) is 8.34. The SMILES string of the molecule is CC(C)(CO)Cc1c(I)[nH]c2cc(F)c(Br)cc12. The van der Waals surface area contributed by atoms with Crippen LogP contribution in [0.3, 0.4) is 0 Å². The van der Waals surface area contributed by atoms with Gasteiger partial charge in [-0.25, -0.2) is 4.39 Å². The number of nitrogens with one attached hydrogen (secondary N) is 1. The van der Waals surface area contributed by atoms with E-state index in [4.69, 9.17) is 0 Å². The van der Waals surface area contributed by atoms with E-state index in [1.54, 1.807) is 6.07 Å². The summed E-state index contributed by atoms with van der Waals surface area (Å²) in [7, 11) is 0. The minimum absolute atomic E-state index is 0.123. The topological polar surface area (TPSA) is 36.0 Å². The van der Waals surface area contributed by atoms with Gasteiger partial charge >= 0.3 is 0 Å². The van der Waals surface area contributed by atoms with Gasteiger partial charge in [-0.3, -0.25) is 0 Å². The van der Waals surface area contributed by atoms with Crippen molar-refractivity contribution < 1.29 is 9.50 Å². The zero-order valence-corrected chi connectivity index (χ0v) is 13.9. The number of fused-ring (bicyclic) bond motifs is 1. The Balaban J connectivity index is 2.57. The summed E-state index contributed by atoms with van der Waals surface area (Å²) in [5.41, 5.74) is 1.74. The molecule has 0 radical (unpaired) electrons. The smallest absolute Gasteiger partial charge is 0.139 e. The van der Waals surface area contributed by atoms with Gasteiger partial charge in [0.15, 0.2) is 0 Å². The Morgan fingerprint density at radius 1 is 1.44 bits per heavy atom. The molecule has 98 valence electrons. The van der Waals surface area contributed by atoms with E-state index < -0.39 is 0 Å². The Morgan fingerprint density at radius 2 is 2.11 bits per heavy atom. The van der Waals surface area contributed by atoms with Crippen molar-refractivity contribution >= 4 is 49.4 Å². The first-order valence-corrected chi connectivity index (χ1v) is 7.47. The summed E-state index contributed by atoms with van der Waals surface area (Å²) >= 11 is 5.43. The first kappa shape index (κ1) is 14.3. The molecule has 0 aliphatic carbocycles. The van der Waals surface area contributed by atoms with Crippen LogP contribution in [0, 0.1) is 14.9 Å². The molecule has 0 amide bonds. The largest absolute Gasteiger partial charge is 0.396 e. The van der Waals surface area contributed by atoms with Crippen LogP contribution in [-0.4, -0.2) is 16.7 Å². The normalized spacial score (nSPS) is 12.3. The average molecular weight is 426 g/mol. The molecule has 0 bridgehead atoms. The van der Waals surface area contributed by atoms with Gasteiger partial charge in [0.2, 0.25) is 0 Å². The Morgan fingerprint density at radius 3 is 2.72 bits per heavy atom. The summed E-state index contributed by atoms with van der Waals surface area (Å²) in [5, 5.41) is 10.4. The van der Waals surface area contributed by atoms with Crippen molar-refractivity contribution in [3.05, 3.63) is 31.7 Å². The van der Waals surface area contributed by atoms with Gasteiger partial charge in [0.25, 0.3) is 0 Å². The molecule has 0 aliphatic rings. The fourth-order valence-corrected chi connectivity index (χ4v) is 3.03. The molecule has 1 aromatic heterocycles. The molecule has 0 saturated carbocycles. The van der Waals surface area contributed by atoms with Crippen LogP contribution in [0.2, 0.25) is 0 Å². The number of aliphatic hydroxyl groups excluding tert-OH is 1. The number of aliphatic hydroxyl groups is 1. The third kappa shape index (κ3) is 2.72. The van der Waals surface area contributed by atoms with Gasteiger partial charge in [-0.05, 0) is 68.1 Å². The van der Waals surface area contributed by atoms with E-state index >= 15 is 0 Å². The maximum atomic E-state index is 13.5. The molecule has 1 aromatic carbocycles. The highest BCUT2D eigenvalue weighted by molar-refractivity contribution is 14.1. The number of hydrogen-bond donors (Lipinski definition) is 2. The van der Waals surface area contributed by atoms with E-state index in [-0.39, 0.29) is 17.8 Å². The Hall–Kier alpha value is -0.140. The average Bonchev–Trinajstić information content (AvgIpc) is 2.57. The second kappa shape index (κ2) is 5.09. The van der Waals surface area contributed by atoms with Crippen molar-refractivity contribution in [1.29, 1.82) is 0 Å². The maximum absolute atomic E-state index is 13.5. The molecule has 0 atom stereocenters. The van der Waals surface area contributed by atoms with Crippen LogP contribution >= 0.6 is 38.5 Å². The van der Waals surface area contributed by atoms with Crippen LogP contribution in [0.4, 0.5) is 4.39 Å². The van der Waals surface area contributed by atoms with Crippen LogP contribution in [0.1, 0.15) is 19.4 Å². The van der Waals surface area contributed by atoms with Crippen LogP contribution in [0.25, 0.3) is 10.9 Å². The van der Waals surface area contributed by atoms with Gasteiger partial charge in [0.05, 0.1) is 8.17 Å². The van der Waals surface area contributed by atoms with Crippen LogP contribution in [0.15, 0.2) is 16.6 Å². The van der Waals surface area contributed by atoms with Gasteiger partial charge in [0, 0.05) is 17.5 Å². The van der Waals surface area contributed by atoms with Gasteiger partial charge in [-0.15, -0.1) is 0 Å². The first-order valence-electron chi connectivity index (χ1n) is 5.60. The summed E-state index contributed by atoms with van der Waals surface area (Å²) in [6.07, 6.45) is 0.750. The lowest BCUT2D eigenvalue weighted by molar-refractivity contribution is 0.160. The Labute approximate surface area is 127 Å². The lowest BCUT2D eigenvalue weighted by Gasteiger charge is -2.21. The predicted molar refractivity (Wildman–Crippen MR) is 83.2 cm³/mol. The molecule has 5 heteroatoms. The summed E-state index contributed by atoms with van der Waals surface area (Å²) in [4.78, 5) is 3.19. The van der Waals surface area contributed by atoms with E-state index in [1.165, 1.54) is 6.07 Å². The third-order valence-corrected chi connectivity index (χ3v) is 4.51. The van der Waals surface area contributed by atoms with Crippen molar-refractivity contribution in [3.63, 3.8) is 0 Å². The molecule has 0 saturated heterocycles. The van der Waals surface area contributed by atoms with Crippen molar-refractivity contribution in [1.82, 2.24) is 4.98 Å². The summed E-state index contributed by atoms with van der Waals surface area (Å²) in [6, 6.07) is 3.29. The number of benzene rings is 1. The van der Waals surface area contributed by atoms with Gasteiger partial charge in [-0.2, -0.15) is 0 Å². The van der Waals surface area contributed by atoms with Crippen molar-refractivity contribution in [3.8, 4) is 0 Å². The molecule has 2 rings (SSSR count). The van der Waals surface area contributed by atoms with E-state index in [0.29, 0.717) is 4.47 Å². The second-order valence-corrected chi connectivity index (χ2v) is 7.16. The van der Waals surface area contributed by atoms with Crippen molar-refractivity contribution in [2.24, 2.45) is 5.41 Å². The highest BCUT2D eigenvalue weighted by Crippen LogP contribution is 2.33. The fourth-order valence-electron chi connectivity index (χ4n) is 1.92. The standard InChI is InChI=1S/C13H14BrFINO/c1-13(2,6-18)5-8-7-3-9(14)10(15)4-11(7)17-12(8)16/h3-4,17-18H,5-6H2,1-2H3. The highest BCUT2D eigenvalue weighted by Gasteiger charge is 2.22. The summed E-state index contributed by atoms with van der Waals surface area (Å²) in [5.74, 6) is -0.270. The van der Waals surface area contributed by atoms with E-state index in [1.807, 2.05) is 13.8 Å². The quantitative estimate of drug-likeness (QED) is 0.709. The highest BCUT2D eigenvalue weighted by atomic mass is 127. The van der Waals surface area contributed by atoms with Gasteiger partial charge in [0.1, 0.15) is 5.82 Å². The number of aromatic amines is 1. The molecule has 2 aromatic rings. The lowest BCUT2D eigenvalue weighted by Crippen LogP contribution is -2.20. The third-order valence-electron chi connectivity index (χ3n) is 2.98. The summed E-state index contributed by atoms with van der Waals surface area (Å²) < 4.78 is 15.0. The van der Waals surface area contributed by atoms with Crippen molar-refractivity contribution in [2.45, 2.75) is 20.3 Å². The van der Waals surface area contributed by atoms with Gasteiger partial charge < -0.3 is 10.1 Å². The molecule has 0 spiro atoms. The van der Waals surface area contributed by atoms with Crippen LogP contribution in [-0.2, 0) is 6.42 Å². The molecule has 0 fully saturated rings. The van der Waals surface area contributed by atoms with Gasteiger partial charge in [-0.1, -0.05) is 13.8 Å². The molecule has 2 nitrogen and oxygen atoms in total. The Kier molecular flexibility index (Phi) is 4.04. The number of halogens is 3. The zero-order valence-electron chi connectivity index (χ0n) is 10.2. The minimum Gasteiger partial charge on any atom is -0.396 e. The zero-order chi connectivity index (χ0) is 13.5. The fraction of sp³-hybridized carbons (Fsp3) is 0.385. The second-order valence-electron chi connectivity index (χ2n) is 5.23. The predicted octanol–water partition coefficient (Wildman–Crippen LogP) is 4.24. The van der Waals surface area contributed by atoms with Crippen LogP contribution < -0.4 is 0 Å². The van der Waals surface area contributed by atoms with E-state index in [2.05, 4.69) is 43.5 Å². The number of aromatic nitrogens is 1. The maximum Gasteiger partial charge on any atom is 0.139 e. The van der Waals surface area contributed by atoms with E-state index in [9.17, 15) is 9.50 Å². The summed E-state index contributed by atoms with van der Waals surface area (Å²) in [6.45, 7) is 4.15. The molecule has 18 heavy (non-hydrogen) atoms. The number of rotatable bonds is 3.